The van der Waals surface area contributed by atoms with E-state index < -0.39 is 0 Å². The van der Waals surface area contributed by atoms with Crippen molar-refractivity contribution in [2.75, 3.05) is 19.6 Å². The van der Waals surface area contributed by atoms with Crippen molar-refractivity contribution in [1.82, 2.24) is 10.6 Å². The van der Waals surface area contributed by atoms with Gasteiger partial charge in [-0.2, -0.15) is 0 Å². The van der Waals surface area contributed by atoms with Gasteiger partial charge in [0.05, 0.1) is 5.92 Å². The molecule has 1 aliphatic heterocycles. The molecule has 2 rings (SSSR count). The van der Waals surface area contributed by atoms with Gasteiger partial charge in [0.2, 0.25) is 5.91 Å². The molecule has 0 aromatic carbocycles. The Morgan fingerprint density at radius 1 is 1.06 bits per heavy atom. The molecule has 0 spiro atoms. The van der Waals surface area contributed by atoms with Crippen LogP contribution < -0.4 is 10.6 Å². The first-order valence-electron chi connectivity index (χ1n) is 6.84. The van der Waals surface area contributed by atoms with Crippen molar-refractivity contribution in [1.29, 1.82) is 0 Å². The molecule has 0 unspecified atom stereocenters. The fourth-order valence-corrected chi connectivity index (χ4v) is 2.61. The largest absolute Gasteiger partial charge is 0.356 e. The van der Waals surface area contributed by atoms with Crippen LogP contribution in [-0.4, -0.2) is 25.5 Å². The predicted molar refractivity (Wildman–Crippen MR) is 65.2 cm³/mol. The Bertz CT molecular complexity index is 218. The van der Waals surface area contributed by atoms with Crippen LogP contribution in [0.3, 0.4) is 0 Å². The van der Waals surface area contributed by atoms with E-state index in [2.05, 4.69) is 10.6 Å². The number of amides is 1. The second-order valence-electron chi connectivity index (χ2n) is 5.31. The Labute approximate surface area is 98.4 Å². The van der Waals surface area contributed by atoms with Crippen LogP contribution in [0.1, 0.15) is 44.9 Å². The van der Waals surface area contributed by atoms with Crippen LogP contribution in [0, 0.1) is 11.8 Å². The first-order valence-corrected chi connectivity index (χ1v) is 6.84. The van der Waals surface area contributed by atoms with Gasteiger partial charge in [-0.05, 0) is 18.8 Å². The highest BCUT2D eigenvalue weighted by molar-refractivity contribution is 5.79. The van der Waals surface area contributed by atoms with E-state index in [0.29, 0.717) is 0 Å². The maximum Gasteiger partial charge on any atom is 0.225 e. The van der Waals surface area contributed by atoms with Gasteiger partial charge >= 0.3 is 0 Å². The summed E-state index contributed by atoms with van der Waals surface area (Å²) in [7, 11) is 0. The van der Waals surface area contributed by atoms with E-state index in [1.54, 1.807) is 0 Å². The molecule has 0 atom stereocenters. The summed E-state index contributed by atoms with van der Waals surface area (Å²) in [5, 5.41) is 6.26. The minimum absolute atomic E-state index is 0.244. The number of carbonyl (C=O) groups excluding carboxylic acids is 1. The van der Waals surface area contributed by atoms with Gasteiger partial charge in [0.15, 0.2) is 0 Å². The van der Waals surface area contributed by atoms with Gasteiger partial charge in [-0.3, -0.25) is 4.79 Å². The van der Waals surface area contributed by atoms with Crippen LogP contribution in [0.4, 0.5) is 0 Å². The van der Waals surface area contributed by atoms with Gasteiger partial charge in [0.1, 0.15) is 0 Å². The molecule has 3 nitrogen and oxygen atoms in total. The van der Waals surface area contributed by atoms with Crippen molar-refractivity contribution < 1.29 is 4.79 Å². The smallest absolute Gasteiger partial charge is 0.225 e. The maximum atomic E-state index is 11.7. The van der Waals surface area contributed by atoms with E-state index in [9.17, 15) is 4.79 Å². The van der Waals surface area contributed by atoms with Crippen molar-refractivity contribution in [2.24, 2.45) is 11.8 Å². The minimum atomic E-state index is 0.244. The molecule has 3 heteroatoms. The molecule has 1 saturated heterocycles. The van der Waals surface area contributed by atoms with Crippen molar-refractivity contribution in [3.8, 4) is 0 Å². The lowest BCUT2D eigenvalue weighted by molar-refractivity contribution is -0.126. The van der Waals surface area contributed by atoms with Crippen molar-refractivity contribution >= 4 is 5.91 Å². The highest BCUT2D eigenvalue weighted by atomic mass is 16.2. The van der Waals surface area contributed by atoms with Gasteiger partial charge in [-0.25, -0.2) is 0 Å². The number of hydrogen-bond acceptors (Lipinski definition) is 2. The number of nitrogens with one attached hydrogen (secondary N) is 2. The molecule has 2 N–H and O–H groups in total. The van der Waals surface area contributed by atoms with Crippen LogP contribution in [0.2, 0.25) is 0 Å². The topological polar surface area (TPSA) is 41.1 Å². The minimum Gasteiger partial charge on any atom is -0.356 e. The summed E-state index contributed by atoms with van der Waals surface area (Å²) in [6, 6.07) is 0. The average molecular weight is 224 g/mol. The molecule has 1 saturated carbocycles. The summed E-state index contributed by atoms with van der Waals surface area (Å²) in [6.07, 6.45) is 9.50. The monoisotopic (exact) mass is 224 g/mol. The molecular formula is C13H24N2O. The van der Waals surface area contributed by atoms with E-state index in [1.807, 2.05) is 0 Å². The summed E-state index contributed by atoms with van der Waals surface area (Å²) in [4.78, 5) is 11.7. The first kappa shape index (κ1) is 11.9. The molecule has 92 valence electrons. The summed E-state index contributed by atoms with van der Waals surface area (Å²) in [5.41, 5.74) is 0. The standard InChI is InChI=1S/C13H24N2O/c16-13(12-9-14-10-12)15-8-11-6-4-2-1-3-5-7-11/h11-12,14H,1-10H2,(H,15,16). The lowest BCUT2D eigenvalue weighted by atomic mass is 9.91. The number of hydrogen-bond donors (Lipinski definition) is 2. The second-order valence-corrected chi connectivity index (χ2v) is 5.31. The zero-order valence-electron chi connectivity index (χ0n) is 10.1. The Balaban J connectivity index is 1.64. The van der Waals surface area contributed by atoms with Crippen LogP contribution >= 0.6 is 0 Å². The van der Waals surface area contributed by atoms with E-state index in [1.165, 1.54) is 44.9 Å². The summed E-state index contributed by atoms with van der Waals surface area (Å²) < 4.78 is 0. The summed E-state index contributed by atoms with van der Waals surface area (Å²) >= 11 is 0. The number of carbonyl (C=O) groups is 1. The fourth-order valence-electron chi connectivity index (χ4n) is 2.61. The molecule has 1 heterocycles. The number of rotatable bonds is 3. The van der Waals surface area contributed by atoms with Crippen molar-refractivity contribution in [3.63, 3.8) is 0 Å². The molecule has 0 aromatic heterocycles. The van der Waals surface area contributed by atoms with Crippen LogP contribution in [0.15, 0.2) is 0 Å². The van der Waals surface area contributed by atoms with Crippen LogP contribution in [-0.2, 0) is 4.79 Å². The molecule has 0 radical (unpaired) electrons. The fraction of sp³-hybridized carbons (Fsp3) is 0.923. The predicted octanol–water partition coefficient (Wildman–Crippen LogP) is 1.68. The first-order chi connectivity index (χ1) is 7.86. The maximum absolute atomic E-state index is 11.7. The third-order valence-electron chi connectivity index (χ3n) is 3.94. The third-order valence-corrected chi connectivity index (χ3v) is 3.94. The van der Waals surface area contributed by atoms with Crippen molar-refractivity contribution in [3.05, 3.63) is 0 Å². The molecule has 1 amide bonds. The third kappa shape index (κ3) is 3.48. The molecular weight excluding hydrogens is 200 g/mol. The summed E-state index contributed by atoms with van der Waals surface area (Å²) in [6.45, 7) is 2.66. The summed E-state index contributed by atoms with van der Waals surface area (Å²) in [5.74, 6) is 1.24. The zero-order valence-corrected chi connectivity index (χ0v) is 10.1. The molecule has 2 fully saturated rings. The molecule has 0 bridgehead atoms. The van der Waals surface area contributed by atoms with E-state index in [4.69, 9.17) is 0 Å². The molecule has 1 aliphatic carbocycles. The Morgan fingerprint density at radius 2 is 1.69 bits per heavy atom. The SMILES string of the molecule is O=C(NCC1CCCCCCC1)C1CNC1. The highest BCUT2D eigenvalue weighted by Gasteiger charge is 2.25. The van der Waals surface area contributed by atoms with Crippen molar-refractivity contribution in [2.45, 2.75) is 44.9 Å². The van der Waals surface area contributed by atoms with Gasteiger partial charge in [-0.1, -0.05) is 32.1 Å². The van der Waals surface area contributed by atoms with Gasteiger partial charge < -0.3 is 10.6 Å². The molecule has 0 aromatic rings. The van der Waals surface area contributed by atoms with E-state index >= 15 is 0 Å². The van der Waals surface area contributed by atoms with Crippen LogP contribution in [0.25, 0.3) is 0 Å². The highest BCUT2D eigenvalue weighted by Crippen LogP contribution is 2.21. The van der Waals surface area contributed by atoms with E-state index in [-0.39, 0.29) is 11.8 Å². The lowest BCUT2D eigenvalue weighted by Crippen LogP contribution is -2.51. The Morgan fingerprint density at radius 3 is 2.25 bits per heavy atom. The molecule has 2 aliphatic rings. The lowest BCUT2D eigenvalue weighted by Gasteiger charge is -2.27. The molecule has 16 heavy (non-hydrogen) atoms. The van der Waals surface area contributed by atoms with E-state index in [0.717, 1.165) is 25.6 Å². The quantitative estimate of drug-likeness (QED) is 0.766. The average Bonchev–Trinajstić information content (AvgIpc) is 2.13. The Hall–Kier alpha value is -0.570. The second kappa shape index (κ2) is 6.24. The zero-order chi connectivity index (χ0) is 11.2. The van der Waals surface area contributed by atoms with Gasteiger partial charge in [0.25, 0.3) is 0 Å². The Kier molecular flexibility index (Phi) is 4.64. The van der Waals surface area contributed by atoms with Gasteiger partial charge in [-0.15, -0.1) is 0 Å². The van der Waals surface area contributed by atoms with Crippen LogP contribution in [0.5, 0.6) is 0 Å². The normalized spacial score (nSPS) is 24.2. The van der Waals surface area contributed by atoms with Gasteiger partial charge in [0, 0.05) is 19.6 Å².